The number of aromatic nitrogens is 2. The van der Waals surface area contributed by atoms with E-state index in [0.29, 0.717) is 49.2 Å². The van der Waals surface area contributed by atoms with Gasteiger partial charge >= 0.3 is 0 Å². The van der Waals surface area contributed by atoms with E-state index in [1.54, 1.807) is 26.0 Å². The first-order valence-electron chi connectivity index (χ1n) is 25.2. The number of ketones is 2. The molecule has 4 aromatic carbocycles. The quantitative estimate of drug-likeness (QED) is 0.0660. The van der Waals surface area contributed by atoms with E-state index in [-0.39, 0.29) is 35.2 Å². The lowest BCUT2D eigenvalue weighted by Crippen LogP contribution is -2.41. The average Bonchev–Trinajstić information content (AvgIpc) is 4.05. The third-order valence-electron chi connectivity index (χ3n) is 14.4. The van der Waals surface area contributed by atoms with Gasteiger partial charge in [0.2, 0.25) is 11.8 Å². The molecule has 2 heterocycles. The molecule has 0 bridgehead atoms. The Bertz CT molecular complexity index is 2540. The van der Waals surface area contributed by atoms with Crippen LogP contribution in [0.15, 0.2) is 133 Å². The number of carbonyl (C=O) groups is 4. The summed E-state index contributed by atoms with van der Waals surface area (Å²) < 4.78 is 0. The molecule has 2 aliphatic carbocycles. The molecular formula is C60H70N6O4. The zero-order chi connectivity index (χ0) is 49.6. The fourth-order valence-corrected chi connectivity index (χ4v) is 10.3. The van der Waals surface area contributed by atoms with E-state index >= 15 is 0 Å². The summed E-state index contributed by atoms with van der Waals surface area (Å²) >= 11 is 0. The first-order chi connectivity index (χ1) is 33.8. The van der Waals surface area contributed by atoms with Crippen LogP contribution in [0.25, 0.3) is 22.3 Å². The summed E-state index contributed by atoms with van der Waals surface area (Å²) in [7, 11) is 0. The molecule has 70 heavy (non-hydrogen) atoms. The van der Waals surface area contributed by atoms with E-state index in [1.165, 1.54) is 33.4 Å². The zero-order valence-electron chi connectivity index (χ0n) is 41.3. The molecule has 0 saturated heterocycles. The maximum absolute atomic E-state index is 12.9. The molecule has 0 unspecified atom stereocenters. The number of Topliss-reactive ketones (excluding diaryl/α,β-unsaturated/α-hetero) is 2. The lowest BCUT2D eigenvalue weighted by molar-refractivity contribution is -0.129. The Morgan fingerprint density at radius 1 is 0.500 bits per heavy atom. The third-order valence-corrected chi connectivity index (χ3v) is 14.4. The molecule has 2 amide bonds. The molecule has 2 fully saturated rings. The second kappa shape index (κ2) is 24.6. The maximum atomic E-state index is 12.9. The second-order valence-corrected chi connectivity index (χ2v) is 19.6. The molecule has 2 aliphatic rings. The predicted molar refractivity (Wildman–Crippen MR) is 281 cm³/mol. The number of benzene rings is 4. The molecule has 6 aromatic rings. The highest BCUT2D eigenvalue weighted by Crippen LogP contribution is 2.37. The Morgan fingerprint density at radius 3 is 1.26 bits per heavy atom. The predicted octanol–water partition coefficient (Wildman–Crippen LogP) is 10.6. The molecule has 8 rings (SSSR count). The summed E-state index contributed by atoms with van der Waals surface area (Å²) in [5, 5.41) is 5.96. The fourth-order valence-electron chi connectivity index (χ4n) is 10.3. The summed E-state index contributed by atoms with van der Waals surface area (Å²) in [5.41, 5.74) is 22.8. The Hall–Kier alpha value is -6.94. The zero-order valence-corrected chi connectivity index (χ0v) is 41.3. The van der Waals surface area contributed by atoms with Crippen molar-refractivity contribution in [2.24, 2.45) is 23.7 Å². The molecule has 0 radical (unpaired) electrons. The van der Waals surface area contributed by atoms with Crippen LogP contribution in [0.2, 0.25) is 0 Å². The summed E-state index contributed by atoms with van der Waals surface area (Å²) in [4.78, 5) is 59.7. The fraction of sp³-hybridized carbons (Fsp3) is 0.367. The van der Waals surface area contributed by atoms with Crippen molar-refractivity contribution in [3.8, 4) is 22.3 Å². The van der Waals surface area contributed by atoms with Crippen LogP contribution in [-0.2, 0) is 44.9 Å². The lowest BCUT2D eigenvalue weighted by atomic mass is 9.91. The van der Waals surface area contributed by atoms with Gasteiger partial charge in [0.25, 0.3) is 0 Å². The molecule has 364 valence electrons. The highest BCUT2D eigenvalue weighted by Gasteiger charge is 2.33. The number of nitrogens with two attached hydrogens (primary N) is 2. The van der Waals surface area contributed by atoms with Gasteiger partial charge < -0.3 is 22.1 Å². The minimum absolute atomic E-state index is 0.00928. The maximum Gasteiger partial charge on any atom is 0.223 e. The van der Waals surface area contributed by atoms with E-state index in [0.717, 1.165) is 73.9 Å². The number of nitrogen functional groups attached to an aromatic ring is 2. The van der Waals surface area contributed by atoms with Crippen LogP contribution in [-0.4, -0.2) is 45.4 Å². The number of amides is 2. The number of nitrogens with zero attached hydrogens (tertiary/aromatic N) is 2. The number of pyridine rings is 2. The highest BCUT2D eigenvalue weighted by atomic mass is 16.2. The van der Waals surface area contributed by atoms with Gasteiger partial charge in [-0.15, -0.1) is 0 Å². The molecule has 6 N–H and O–H groups in total. The van der Waals surface area contributed by atoms with Crippen molar-refractivity contribution in [2.45, 2.75) is 117 Å². The number of hydrogen-bond acceptors (Lipinski definition) is 8. The van der Waals surface area contributed by atoms with Crippen molar-refractivity contribution in [3.63, 3.8) is 0 Å². The largest absolute Gasteiger partial charge is 0.384 e. The standard InChI is InChI=1S/2C30H35N3O2/c2*1-20-23(15-17-29(31)32-20)14-16-28(34)21(2)33-30(35)26-13-12-22(19-26)18-25-10-6-7-11-27(25)24-8-4-3-5-9-24/h2*3-11,15,17,21-22,26H,12-14,16,18-19H2,1-2H3,(H2,31,32)(H,33,35)/t2*21-,22-,26+/m00/s1. The van der Waals surface area contributed by atoms with E-state index in [1.807, 2.05) is 38.1 Å². The highest BCUT2D eigenvalue weighted by molar-refractivity contribution is 5.90. The molecular weight excluding hydrogens is 869 g/mol. The van der Waals surface area contributed by atoms with Crippen LogP contribution >= 0.6 is 0 Å². The molecule has 2 saturated carbocycles. The van der Waals surface area contributed by atoms with Gasteiger partial charge in [-0.05, 0) is 160 Å². The molecule has 6 atom stereocenters. The van der Waals surface area contributed by atoms with Crippen LogP contribution in [0, 0.1) is 37.5 Å². The number of anilines is 2. The molecule has 0 spiro atoms. The minimum atomic E-state index is -0.484. The van der Waals surface area contributed by atoms with Gasteiger partial charge in [0, 0.05) is 36.1 Å². The van der Waals surface area contributed by atoms with Crippen LogP contribution in [0.1, 0.15) is 98.9 Å². The number of aryl methyl sites for hydroxylation is 4. The van der Waals surface area contributed by atoms with E-state index in [9.17, 15) is 19.2 Å². The number of carbonyl (C=O) groups excluding carboxylic acids is 4. The number of nitrogens with one attached hydrogen (secondary N) is 2. The van der Waals surface area contributed by atoms with Crippen LogP contribution in [0.3, 0.4) is 0 Å². The Balaban J connectivity index is 0.000000206. The summed E-state index contributed by atoms with van der Waals surface area (Å²) in [6.45, 7) is 7.37. The Morgan fingerprint density at radius 2 is 0.871 bits per heavy atom. The summed E-state index contributed by atoms with van der Waals surface area (Å²) in [5.74, 6) is 1.97. The lowest BCUT2D eigenvalue weighted by Gasteiger charge is -2.17. The molecule has 2 aromatic heterocycles. The first-order valence-corrected chi connectivity index (χ1v) is 25.2. The summed E-state index contributed by atoms with van der Waals surface area (Å²) in [6, 6.07) is 44.4. The van der Waals surface area contributed by atoms with Crippen molar-refractivity contribution >= 4 is 35.0 Å². The van der Waals surface area contributed by atoms with Gasteiger partial charge in [0.05, 0.1) is 12.1 Å². The van der Waals surface area contributed by atoms with E-state index in [2.05, 4.69) is 118 Å². The van der Waals surface area contributed by atoms with Crippen molar-refractivity contribution in [1.82, 2.24) is 20.6 Å². The van der Waals surface area contributed by atoms with E-state index < -0.39 is 12.1 Å². The second-order valence-electron chi connectivity index (χ2n) is 19.6. The van der Waals surface area contributed by atoms with Crippen molar-refractivity contribution in [2.75, 3.05) is 11.5 Å². The SMILES string of the molecule is Cc1nc(N)ccc1CCC(=O)[C@H](C)NC(=O)[C@@H]1CC[C@@H](Cc2ccccc2-c2ccccc2)C1.Cc1nc(N)ccc1CCC(=O)[C@H](C)NC(=O)[C@@H]1CC[C@@H](Cc2ccccc2-c2ccccc2)C1. The van der Waals surface area contributed by atoms with Crippen LogP contribution < -0.4 is 22.1 Å². The van der Waals surface area contributed by atoms with Crippen LogP contribution in [0.4, 0.5) is 11.6 Å². The average molecular weight is 939 g/mol. The van der Waals surface area contributed by atoms with E-state index in [4.69, 9.17) is 11.5 Å². The smallest absolute Gasteiger partial charge is 0.223 e. The Labute approximate surface area is 414 Å². The van der Waals surface area contributed by atoms with Crippen molar-refractivity contribution < 1.29 is 19.2 Å². The number of hydrogen-bond donors (Lipinski definition) is 4. The molecule has 0 aliphatic heterocycles. The number of rotatable bonds is 18. The third kappa shape index (κ3) is 14.1. The monoisotopic (exact) mass is 939 g/mol. The van der Waals surface area contributed by atoms with Gasteiger partial charge in [0.1, 0.15) is 11.6 Å². The van der Waals surface area contributed by atoms with Gasteiger partial charge in [0.15, 0.2) is 11.6 Å². The minimum Gasteiger partial charge on any atom is -0.384 e. The topological polar surface area (TPSA) is 170 Å². The molecule has 10 nitrogen and oxygen atoms in total. The van der Waals surface area contributed by atoms with Gasteiger partial charge in [-0.3, -0.25) is 19.2 Å². The summed E-state index contributed by atoms with van der Waals surface area (Å²) in [6.07, 6.45) is 9.45. The van der Waals surface area contributed by atoms with Gasteiger partial charge in [-0.25, -0.2) is 9.97 Å². The van der Waals surface area contributed by atoms with Gasteiger partial charge in [-0.1, -0.05) is 121 Å². The van der Waals surface area contributed by atoms with Crippen molar-refractivity contribution in [3.05, 3.63) is 167 Å². The van der Waals surface area contributed by atoms with Gasteiger partial charge in [-0.2, -0.15) is 0 Å². The molecule has 10 heteroatoms. The Kier molecular flexibility index (Phi) is 17.9. The van der Waals surface area contributed by atoms with Crippen LogP contribution in [0.5, 0.6) is 0 Å². The first kappa shape index (κ1) is 50.9. The van der Waals surface area contributed by atoms with Crippen molar-refractivity contribution in [1.29, 1.82) is 0 Å². The normalized spacial score (nSPS) is 18.2.